The molecule has 1 N–H and O–H groups in total. The SMILES string of the molecule is CC(C)(C)OC(=O)c1ccc2c(c1)NCC1(CCCc3c1ccc(Cl)c3F)CO2. The molecule has 1 atom stereocenters. The predicted octanol–water partition coefficient (Wildman–Crippen LogP) is 5.51. The molecule has 1 spiro atoms. The van der Waals surface area contributed by atoms with Crippen LogP contribution in [0, 0.1) is 5.82 Å². The number of carbonyl (C=O) groups excluding carboxylic acids is 1. The highest BCUT2D eigenvalue weighted by atomic mass is 35.5. The molecule has 4 nitrogen and oxygen atoms in total. The zero-order chi connectivity index (χ0) is 20.8. The van der Waals surface area contributed by atoms with E-state index in [2.05, 4.69) is 5.32 Å². The Kier molecular flexibility index (Phi) is 4.97. The van der Waals surface area contributed by atoms with Crippen LogP contribution in [-0.2, 0) is 16.6 Å². The number of esters is 1. The van der Waals surface area contributed by atoms with Crippen molar-refractivity contribution < 1.29 is 18.7 Å². The van der Waals surface area contributed by atoms with Crippen LogP contribution in [0.3, 0.4) is 0 Å². The van der Waals surface area contributed by atoms with E-state index in [1.165, 1.54) is 0 Å². The Balaban J connectivity index is 1.63. The number of hydrogen-bond donors (Lipinski definition) is 1. The third-order valence-electron chi connectivity index (χ3n) is 5.58. The highest BCUT2D eigenvalue weighted by molar-refractivity contribution is 6.30. The van der Waals surface area contributed by atoms with Gasteiger partial charge in [-0.1, -0.05) is 17.7 Å². The van der Waals surface area contributed by atoms with E-state index >= 15 is 0 Å². The maximum atomic E-state index is 14.6. The second-order valence-corrected chi connectivity index (χ2v) is 9.28. The van der Waals surface area contributed by atoms with Crippen LogP contribution in [0.15, 0.2) is 30.3 Å². The Bertz CT molecular complexity index is 969. The van der Waals surface area contributed by atoms with Gasteiger partial charge in [0.2, 0.25) is 0 Å². The molecule has 0 bridgehead atoms. The van der Waals surface area contributed by atoms with Crippen molar-refractivity contribution in [2.24, 2.45) is 0 Å². The summed E-state index contributed by atoms with van der Waals surface area (Å²) in [6.07, 6.45) is 2.44. The Morgan fingerprint density at radius 3 is 2.83 bits per heavy atom. The topological polar surface area (TPSA) is 47.6 Å². The molecule has 1 aliphatic carbocycles. The van der Waals surface area contributed by atoms with Gasteiger partial charge >= 0.3 is 5.97 Å². The van der Waals surface area contributed by atoms with E-state index in [4.69, 9.17) is 21.1 Å². The summed E-state index contributed by atoms with van der Waals surface area (Å²) in [5.41, 5.74) is 1.95. The van der Waals surface area contributed by atoms with Crippen LogP contribution in [0.5, 0.6) is 5.75 Å². The van der Waals surface area contributed by atoms with E-state index in [-0.39, 0.29) is 22.2 Å². The zero-order valence-electron chi connectivity index (χ0n) is 16.9. The third kappa shape index (κ3) is 3.80. The normalized spacial score (nSPS) is 20.7. The third-order valence-corrected chi connectivity index (χ3v) is 5.88. The van der Waals surface area contributed by atoms with Gasteiger partial charge in [0.05, 0.1) is 22.9 Å². The fourth-order valence-corrected chi connectivity index (χ4v) is 4.37. The van der Waals surface area contributed by atoms with E-state index in [0.717, 1.165) is 24.1 Å². The van der Waals surface area contributed by atoms with Crippen LogP contribution in [0.25, 0.3) is 0 Å². The number of halogens is 2. The van der Waals surface area contributed by atoms with Crippen molar-refractivity contribution in [3.8, 4) is 5.75 Å². The van der Waals surface area contributed by atoms with Crippen molar-refractivity contribution in [3.05, 3.63) is 57.9 Å². The van der Waals surface area contributed by atoms with Crippen molar-refractivity contribution in [2.75, 3.05) is 18.5 Å². The number of carbonyl (C=O) groups is 1. The lowest BCUT2D eigenvalue weighted by atomic mass is 9.70. The van der Waals surface area contributed by atoms with Gasteiger partial charge in [-0.3, -0.25) is 0 Å². The second kappa shape index (κ2) is 7.21. The molecule has 4 rings (SSSR count). The second-order valence-electron chi connectivity index (χ2n) is 8.88. The average molecular weight is 418 g/mol. The molecule has 0 saturated carbocycles. The minimum atomic E-state index is -0.560. The fourth-order valence-electron chi connectivity index (χ4n) is 4.19. The van der Waals surface area contributed by atoms with Crippen LogP contribution in [0.4, 0.5) is 10.1 Å². The summed E-state index contributed by atoms with van der Waals surface area (Å²) in [5.74, 6) is -0.0197. The number of nitrogens with one attached hydrogen (secondary N) is 1. The highest BCUT2D eigenvalue weighted by Gasteiger charge is 2.40. The molecule has 154 valence electrons. The molecular formula is C23H25ClFNO3. The minimum Gasteiger partial charge on any atom is -0.490 e. The lowest BCUT2D eigenvalue weighted by Crippen LogP contribution is -2.42. The first-order chi connectivity index (χ1) is 13.7. The molecule has 1 aliphatic heterocycles. The van der Waals surface area contributed by atoms with Gasteiger partial charge in [0.1, 0.15) is 17.2 Å². The molecule has 6 heteroatoms. The summed E-state index contributed by atoms with van der Waals surface area (Å²) in [6, 6.07) is 8.80. The van der Waals surface area contributed by atoms with E-state index in [1.807, 2.05) is 26.8 Å². The molecule has 2 aliphatic rings. The number of hydrogen-bond acceptors (Lipinski definition) is 4. The summed E-state index contributed by atoms with van der Waals surface area (Å²) < 4.78 is 26.2. The van der Waals surface area contributed by atoms with Crippen molar-refractivity contribution >= 4 is 23.3 Å². The van der Waals surface area contributed by atoms with E-state index in [9.17, 15) is 9.18 Å². The van der Waals surface area contributed by atoms with E-state index < -0.39 is 5.60 Å². The van der Waals surface area contributed by atoms with Crippen molar-refractivity contribution in [2.45, 2.75) is 51.0 Å². The summed E-state index contributed by atoms with van der Waals surface area (Å²) in [5, 5.41) is 3.59. The number of benzene rings is 2. The van der Waals surface area contributed by atoms with Gasteiger partial charge in [0.25, 0.3) is 0 Å². The van der Waals surface area contributed by atoms with Crippen LogP contribution >= 0.6 is 11.6 Å². The van der Waals surface area contributed by atoms with E-state index in [0.29, 0.717) is 36.4 Å². The lowest BCUT2D eigenvalue weighted by molar-refractivity contribution is 0.00695. The highest BCUT2D eigenvalue weighted by Crippen LogP contribution is 2.43. The molecule has 1 heterocycles. The predicted molar refractivity (Wildman–Crippen MR) is 112 cm³/mol. The molecule has 0 fully saturated rings. The quantitative estimate of drug-likeness (QED) is 0.621. The number of rotatable bonds is 1. The Hall–Kier alpha value is -2.27. The van der Waals surface area contributed by atoms with Crippen molar-refractivity contribution in [1.29, 1.82) is 0 Å². The van der Waals surface area contributed by atoms with Gasteiger partial charge in [-0.15, -0.1) is 0 Å². The maximum Gasteiger partial charge on any atom is 0.338 e. The van der Waals surface area contributed by atoms with Gasteiger partial charge in [0, 0.05) is 12.0 Å². The molecule has 0 radical (unpaired) electrons. The summed E-state index contributed by atoms with van der Waals surface area (Å²) in [4.78, 5) is 12.4. The molecule has 29 heavy (non-hydrogen) atoms. The van der Waals surface area contributed by atoms with Crippen molar-refractivity contribution in [1.82, 2.24) is 0 Å². The summed E-state index contributed by atoms with van der Waals surface area (Å²) in [7, 11) is 0. The zero-order valence-corrected chi connectivity index (χ0v) is 17.7. The largest absolute Gasteiger partial charge is 0.490 e. The monoisotopic (exact) mass is 417 g/mol. The first kappa shape index (κ1) is 20.0. The van der Waals surface area contributed by atoms with Gasteiger partial charge in [-0.05, 0) is 75.4 Å². The number of ether oxygens (including phenoxy) is 2. The maximum absolute atomic E-state index is 14.6. The molecule has 2 aromatic rings. The Morgan fingerprint density at radius 1 is 1.28 bits per heavy atom. The standard InChI is InChI=1S/C23H25ClFNO3/c1-22(2,3)29-21(27)14-6-9-19-18(11-14)26-12-23(13-28-19)10-4-5-15-16(23)7-8-17(24)20(15)25/h6-9,11,26H,4-5,10,12-13H2,1-3H3. The van der Waals surface area contributed by atoms with Gasteiger partial charge in [-0.2, -0.15) is 0 Å². The van der Waals surface area contributed by atoms with Crippen molar-refractivity contribution in [3.63, 3.8) is 0 Å². The molecule has 2 aromatic carbocycles. The summed E-state index contributed by atoms with van der Waals surface area (Å²) >= 11 is 6.01. The van der Waals surface area contributed by atoms with Gasteiger partial charge < -0.3 is 14.8 Å². The first-order valence-electron chi connectivity index (χ1n) is 9.90. The van der Waals surface area contributed by atoms with Gasteiger partial charge in [-0.25, -0.2) is 9.18 Å². The summed E-state index contributed by atoms with van der Waals surface area (Å²) in [6.45, 7) is 6.54. The number of anilines is 1. The molecule has 1 unspecified atom stereocenters. The molecule has 0 aromatic heterocycles. The van der Waals surface area contributed by atoms with Crippen LogP contribution in [-0.4, -0.2) is 24.7 Å². The van der Waals surface area contributed by atoms with Gasteiger partial charge in [0.15, 0.2) is 0 Å². The number of fused-ring (bicyclic) bond motifs is 3. The smallest absolute Gasteiger partial charge is 0.338 e. The molecular weight excluding hydrogens is 393 g/mol. The molecule has 0 amide bonds. The Morgan fingerprint density at radius 2 is 2.07 bits per heavy atom. The molecule has 0 saturated heterocycles. The van der Waals surface area contributed by atoms with Crippen LogP contribution in [0.1, 0.15) is 55.1 Å². The first-order valence-corrected chi connectivity index (χ1v) is 10.3. The average Bonchev–Trinajstić information content (AvgIpc) is 2.84. The minimum absolute atomic E-state index is 0.161. The van der Waals surface area contributed by atoms with E-state index in [1.54, 1.807) is 24.3 Å². The Labute approximate surface area is 175 Å². The van der Waals surface area contributed by atoms with Crippen LogP contribution < -0.4 is 10.1 Å². The lowest BCUT2D eigenvalue weighted by Gasteiger charge is -2.38. The fraction of sp³-hybridized carbons (Fsp3) is 0.435. The van der Waals surface area contributed by atoms with Crippen LogP contribution in [0.2, 0.25) is 5.02 Å².